The maximum absolute atomic E-state index is 14.1. The molecule has 3 rings (SSSR count). The number of para-hydroxylation sites is 1. The summed E-state index contributed by atoms with van der Waals surface area (Å²) in [6, 6.07) is 25.1. The lowest BCUT2D eigenvalue weighted by atomic mass is 9.85. The first-order chi connectivity index (χ1) is 16.2. The number of nitrogens with two attached hydrogens (primary N) is 1. The van der Waals surface area contributed by atoms with Crippen molar-refractivity contribution in [2.45, 2.75) is 58.0 Å². The van der Waals surface area contributed by atoms with Crippen molar-refractivity contribution in [2.75, 3.05) is 5.32 Å². The number of primary amides is 1. The third kappa shape index (κ3) is 6.04. The number of anilines is 1. The molecule has 0 bridgehead atoms. The minimum atomic E-state index is -1.52. The second-order valence-corrected chi connectivity index (χ2v) is 9.32. The Morgan fingerprint density at radius 1 is 0.765 bits per heavy atom. The monoisotopic (exact) mass is 458 g/mol. The van der Waals surface area contributed by atoms with Gasteiger partial charge in [-0.25, -0.2) is 4.79 Å². The van der Waals surface area contributed by atoms with Crippen LogP contribution in [0.2, 0.25) is 0 Å². The Morgan fingerprint density at radius 2 is 1.21 bits per heavy atom. The van der Waals surface area contributed by atoms with E-state index in [9.17, 15) is 9.59 Å². The van der Waals surface area contributed by atoms with E-state index < -0.39 is 17.6 Å². The predicted octanol–water partition coefficient (Wildman–Crippen LogP) is 6.19. The molecule has 5 heteroatoms. The van der Waals surface area contributed by atoms with Gasteiger partial charge in [-0.05, 0) is 34.1 Å². The van der Waals surface area contributed by atoms with Gasteiger partial charge >= 0.3 is 6.09 Å². The lowest BCUT2D eigenvalue weighted by Crippen LogP contribution is -2.51. The predicted molar refractivity (Wildman–Crippen MR) is 137 cm³/mol. The summed E-state index contributed by atoms with van der Waals surface area (Å²) < 4.78 is 5.71. The van der Waals surface area contributed by atoms with Crippen LogP contribution in [0.15, 0.2) is 78.9 Å². The molecule has 3 N–H and O–H groups in total. The van der Waals surface area contributed by atoms with Crippen LogP contribution in [0.5, 0.6) is 0 Å². The van der Waals surface area contributed by atoms with Crippen molar-refractivity contribution in [3.63, 3.8) is 0 Å². The second kappa shape index (κ2) is 11.0. The van der Waals surface area contributed by atoms with Crippen LogP contribution in [-0.4, -0.2) is 17.6 Å². The fraction of sp³-hybridized carbons (Fsp3) is 0.310. The standard InChI is InChI=1S/C29H34N2O3/c1-20(2)24-16-11-17-25(21(3)4)26(24)31-27(32)29(34-28(30)33,18-22-12-7-5-8-13-22)19-23-14-9-6-10-15-23/h5-17,20-21H,18-19H2,1-4H3,(H2,30,33)(H,31,32). The summed E-state index contributed by atoms with van der Waals surface area (Å²) in [5, 5.41) is 3.16. The summed E-state index contributed by atoms with van der Waals surface area (Å²) in [5.74, 6) is 0.00131. The van der Waals surface area contributed by atoms with Crippen LogP contribution < -0.4 is 11.1 Å². The molecule has 0 fully saturated rings. The molecule has 0 unspecified atom stereocenters. The number of benzene rings is 3. The second-order valence-electron chi connectivity index (χ2n) is 9.32. The van der Waals surface area contributed by atoms with Gasteiger partial charge in [0.25, 0.3) is 5.91 Å². The van der Waals surface area contributed by atoms with Gasteiger partial charge in [0.1, 0.15) is 0 Å². The Kier molecular flexibility index (Phi) is 8.11. The van der Waals surface area contributed by atoms with Crippen molar-refractivity contribution >= 4 is 17.7 Å². The first kappa shape index (κ1) is 25.0. The zero-order chi connectivity index (χ0) is 24.7. The summed E-state index contributed by atoms with van der Waals surface area (Å²) in [4.78, 5) is 26.2. The van der Waals surface area contributed by atoms with Gasteiger partial charge in [0, 0.05) is 18.5 Å². The van der Waals surface area contributed by atoms with Crippen molar-refractivity contribution in [3.05, 3.63) is 101 Å². The quantitative estimate of drug-likeness (QED) is 0.401. The molecule has 0 saturated carbocycles. The van der Waals surface area contributed by atoms with E-state index in [2.05, 4.69) is 33.0 Å². The van der Waals surface area contributed by atoms with Gasteiger partial charge in [-0.15, -0.1) is 0 Å². The molecule has 0 saturated heterocycles. The fourth-order valence-corrected chi connectivity index (χ4v) is 4.31. The minimum Gasteiger partial charge on any atom is -0.432 e. The Balaban J connectivity index is 2.11. The van der Waals surface area contributed by atoms with Crippen molar-refractivity contribution in [1.82, 2.24) is 0 Å². The highest BCUT2D eigenvalue weighted by molar-refractivity contribution is 6.00. The van der Waals surface area contributed by atoms with Crippen molar-refractivity contribution in [1.29, 1.82) is 0 Å². The van der Waals surface area contributed by atoms with Crippen molar-refractivity contribution in [2.24, 2.45) is 5.73 Å². The highest BCUT2D eigenvalue weighted by Gasteiger charge is 2.43. The Hall–Kier alpha value is -3.60. The van der Waals surface area contributed by atoms with E-state index in [4.69, 9.17) is 10.5 Å². The lowest BCUT2D eigenvalue weighted by Gasteiger charge is -2.33. The number of amides is 2. The lowest BCUT2D eigenvalue weighted by molar-refractivity contribution is -0.134. The molecule has 3 aromatic carbocycles. The Labute approximate surface area is 202 Å². The summed E-state index contributed by atoms with van der Waals surface area (Å²) in [6.07, 6.45) is -0.597. The van der Waals surface area contributed by atoms with E-state index in [-0.39, 0.29) is 24.7 Å². The number of ether oxygens (including phenoxy) is 1. The maximum Gasteiger partial charge on any atom is 0.405 e. The summed E-state index contributed by atoms with van der Waals surface area (Å²) in [7, 11) is 0. The van der Waals surface area contributed by atoms with E-state index in [0.717, 1.165) is 27.9 Å². The van der Waals surface area contributed by atoms with E-state index in [1.165, 1.54) is 0 Å². The van der Waals surface area contributed by atoms with Gasteiger partial charge in [0.05, 0.1) is 0 Å². The molecule has 0 atom stereocenters. The van der Waals surface area contributed by atoms with Crippen molar-refractivity contribution < 1.29 is 14.3 Å². The molecule has 5 nitrogen and oxygen atoms in total. The van der Waals surface area contributed by atoms with Crippen LogP contribution in [0.25, 0.3) is 0 Å². The molecule has 3 aromatic rings. The average Bonchev–Trinajstić information content (AvgIpc) is 2.79. The molecule has 0 aliphatic heterocycles. The van der Waals surface area contributed by atoms with Gasteiger partial charge in [-0.1, -0.05) is 107 Å². The van der Waals surface area contributed by atoms with Crippen LogP contribution in [0.4, 0.5) is 10.5 Å². The summed E-state index contributed by atoms with van der Waals surface area (Å²) in [6.45, 7) is 8.37. The van der Waals surface area contributed by atoms with Crippen LogP contribution >= 0.6 is 0 Å². The molecular weight excluding hydrogens is 424 g/mol. The normalized spacial score (nSPS) is 11.5. The van der Waals surface area contributed by atoms with Gasteiger partial charge < -0.3 is 15.8 Å². The molecule has 0 spiro atoms. The molecule has 0 aromatic heterocycles. The molecule has 0 heterocycles. The van der Waals surface area contributed by atoms with E-state index in [1.54, 1.807) is 0 Å². The molecule has 178 valence electrons. The van der Waals surface area contributed by atoms with Gasteiger partial charge in [0.2, 0.25) is 0 Å². The molecular formula is C29H34N2O3. The van der Waals surface area contributed by atoms with Crippen molar-refractivity contribution in [3.8, 4) is 0 Å². The molecule has 0 aliphatic rings. The zero-order valence-corrected chi connectivity index (χ0v) is 20.4. The summed E-state index contributed by atoms with van der Waals surface area (Å²) in [5.41, 5.74) is 8.60. The van der Waals surface area contributed by atoms with Gasteiger partial charge in [-0.2, -0.15) is 0 Å². The Bertz CT molecular complexity index is 1040. The van der Waals surface area contributed by atoms with Crippen LogP contribution in [0.3, 0.4) is 0 Å². The third-order valence-electron chi connectivity index (χ3n) is 5.99. The number of rotatable bonds is 9. The van der Waals surface area contributed by atoms with Crippen LogP contribution in [-0.2, 0) is 22.4 Å². The minimum absolute atomic E-state index is 0.193. The number of hydrogen-bond acceptors (Lipinski definition) is 3. The smallest absolute Gasteiger partial charge is 0.405 e. The first-order valence-electron chi connectivity index (χ1n) is 11.7. The van der Waals surface area contributed by atoms with Gasteiger partial charge in [0.15, 0.2) is 5.60 Å². The summed E-state index contributed by atoms with van der Waals surface area (Å²) >= 11 is 0. The van der Waals surface area contributed by atoms with E-state index in [1.807, 2.05) is 78.9 Å². The largest absolute Gasteiger partial charge is 0.432 e. The van der Waals surface area contributed by atoms with E-state index in [0.29, 0.717) is 0 Å². The molecule has 0 aliphatic carbocycles. The Morgan fingerprint density at radius 3 is 1.59 bits per heavy atom. The fourth-order valence-electron chi connectivity index (χ4n) is 4.31. The number of hydrogen-bond donors (Lipinski definition) is 2. The third-order valence-corrected chi connectivity index (χ3v) is 5.99. The molecule has 34 heavy (non-hydrogen) atoms. The highest BCUT2D eigenvalue weighted by Crippen LogP contribution is 2.34. The number of nitrogens with one attached hydrogen (secondary N) is 1. The number of carbonyl (C=O) groups is 2. The van der Waals surface area contributed by atoms with Crippen LogP contribution in [0.1, 0.15) is 61.8 Å². The first-order valence-corrected chi connectivity index (χ1v) is 11.7. The molecule has 2 amide bonds. The molecule has 0 radical (unpaired) electrons. The average molecular weight is 459 g/mol. The zero-order valence-electron chi connectivity index (χ0n) is 20.4. The van der Waals surface area contributed by atoms with Crippen LogP contribution in [0, 0.1) is 0 Å². The van der Waals surface area contributed by atoms with Gasteiger partial charge in [-0.3, -0.25) is 4.79 Å². The topological polar surface area (TPSA) is 81.4 Å². The van der Waals surface area contributed by atoms with E-state index >= 15 is 0 Å². The number of carbonyl (C=O) groups excluding carboxylic acids is 2. The maximum atomic E-state index is 14.1. The SMILES string of the molecule is CC(C)c1cccc(C(C)C)c1NC(=O)C(Cc1ccccc1)(Cc1ccccc1)OC(N)=O. The highest BCUT2D eigenvalue weighted by atomic mass is 16.6.